The van der Waals surface area contributed by atoms with Crippen molar-refractivity contribution < 1.29 is 13.2 Å². The Morgan fingerprint density at radius 3 is 2.22 bits per heavy atom. The molecular formula is C17H20N2O3S. The van der Waals surface area contributed by atoms with Crippen LogP contribution in [-0.2, 0) is 16.6 Å². The molecule has 2 aromatic rings. The average Bonchev–Trinajstić information content (AvgIpc) is 2.55. The summed E-state index contributed by atoms with van der Waals surface area (Å²) < 4.78 is 25.9. The molecule has 5 nitrogen and oxygen atoms in total. The lowest BCUT2D eigenvalue weighted by atomic mass is 10.1. The van der Waals surface area contributed by atoms with E-state index in [-0.39, 0.29) is 18.0 Å². The lowest BCUT2D eigenvalue weighted by molar-refractivity contribution is 0.224. The molecule has 0 aromatic heterocycles. The number of nitrogens with zero attached hydrogens (tertiary/aromatic N) is 1. The maximum atomic E-state index is 12.5. The van der Waals surface area contributed by atoms with Gasteiger partial charge in [0.25, 0.3) is 10.0 Å². The van der Waals surface area contributed by atoms with Gasteiger partial charge in [-0.1, -0.05) is 48.0 Å². The van der Waals surface area contributed by atoms with Crippen LogP contribution in [0.1, 0.15) is 18.1 Å². The number of amides is 2. The van der Waals surface area contributed by atoms with Gasteiger partial charge in [0.2, 0.25) is 0 Å². The molecule has 122 valence electrons. The molecule has 23 heavy (non-hydrogen) atoms. The zero-order chi connectivity index (χ0) is 16.9. The van der Waals surface area contributed by atoms with E-state index < -0.39 is 16.1 Å². The summed E-state index contributed by atoms with van der Waals surface area (Å²) in [6.07, 6.45) is 0. The van der Waals surface area contributed by atoms with Crippen LogP contribution in [0.3, 0.4) is 0 Å². The maximum Gasteiger partial charge on any atom is 0.331 e. The highest BCUT2D eigenvalue weighted by molar-refractivity contribution is 7.89. The number of hydrogen-bond donors (Lipinski definition) is 1. The lowest BCUT2D eigenvalue weighted by Crippen LogP contribution is -2.43. The SMILES string of the molecule is CCN(C(=O)NCc1ccc(C)cc1)S(=O)(=O)c1ccccc1. The molecule has 2 amide bonds. The first kappa shape index (κ1) is 17.0. The van der Waals surface area contributed by atoms with Gasteiger partial charge in [0.15, 0.2) is 0 Å². The molecule has 2 rings (SSSR count). The molecule has 0 radical (unpaired) electrons. The van der Waals surface area contributed by atoms with Crippen LogP contribution in [0, 0.1) is 6.92 Å². The van der Waals surface area contributed by atoms with E-state index in [2.05, 4.69) is 5.32 Å². The highest BCUT2D eigenvalue weighted by atomic mass is 32.2. The second-order valence-electron chi connectivity index (χ2n) is 5.13. The van der Waals surface area contributed by atoms with Gasteiger partial charge in [-0.25, -0.2) is 17.5 Å². The summed E-state index contributed by atoms with van der Waals surface area (Å²) in [7, 11) is -3.84. The van der Waals surface area contributed by atoms with Crippen molar-refractivity contribution >= 4 is 16.1 Å². The van der Waals surface area contributed by atoms with Crippen LogP contribution >= 0.6 is 0 Å². The van der Waals surface area contributed by atoms with E-state index in [0.717, 1.165) is 15.4 Å². The van der Waals surface area contributed by atoms with Gasteiger partial charge in [0.05, 0.1) is 4.90 Å². The van der Waals surface area contributed by atoms with Gasteiger partial charge in [-0.05, 0) is 31.5 Å². The number of aryl methyl sites for hydroxylation is 1. The fourth-order valence-corrected chi connectivity index (χ4v) is 3.49. The highest BCUT2D eigenvalue weighted by Crippen LogP contribution is 2.15. The Morgan fingerprint density at radius 1 is 1.04 bits per heavy atom. The molecule has 1 N–H and O–H groups in total. The van der Waals surface area contributed by atoms with E-state index in [1.165, 1.54) is 12.1 Å². The van der Waals surface area contributed by atoms with Gasteiger partial charge in [-0.3, -0.25) is 0 Å². The monoisotopic (exact) mass is 332 g/mol. The molecule has 0 aliphatic carbocycles. The van der Waals surface area contributed by atoms with Crippen LogP contribution in [0.4, 0.5) is 4.79 Å². The fourth-order valence-electron chi connectivity index (χ4n) is 2.11. The van der Waals surface area contributed by atoms with E-state index in [9.17, 15) is 13.2 Å². The molecular weight excluding hydrogens is 312 g/mol. The minimum atomic E-state index is -3.84. The number of carbonyl (C=O) groups is 1. The number of sulfonamides is 1. The van der Waals surface area contributed by atoms with Crippen LogP contribution in [-0.4, -0.2) is 25.3 Å². The standard InChI is InChI=1S/C17H20N2O3S/c1-3-19(23(21,22)16-7-5-4-6-8-16)17(20)18-13-15-11-9-14(2)10-12-15/h4-12H,3,13H2,1-2H3,(H,18,20). The second-order valence-corrected chi connectivity index (χ2v) is 6.99. The maximum absolute atomic E-state index is 12.5. The van der Waals surface area contributed by atoms with Gasteiger partial charge in [0.1, 0.15) is 0 Å². The first-order valence-electron chi connectivity index (χ1n) is 7.36. The normalized spacial score (nSPS) is 11.0. The number of carbonyl (C=O) groups excluding carboxylic acids is 1. The van der Waals surface area contributed by atoms with Crippen molar-refractivity contribution in [3.05, 3.63) is 65.7 Å². The minimum absolute atomic E-state index is 0.0664. The van der Waals surface area contributed by atoms with E-state index >= 15 is 0 Å². The van der Waals surface area contributed by atoms with Crippen molar-refractivity contribution in [2.24, 2.45) is 0 Å². The Balaban J connectivity index is 2.11. The molecule has 2 aromatic carbocycles. The lowest BCUT2D eigenvalue weighted by Gasteiger charge is -2.21. The van der Waals surface area contributed by atoms with Crippen molar-refractivity contribution in [1.29, 1.82) is 0 Å². The number of benzene rings is 2. The second kappa shape index (κ2) is 7.28. The third kappa shape index (κ3) is 4.10. The molecule has 0 saturated carbocycles. The van der Waals surface area contributed by atoms with Crippen LogP contribution in [0.25, 0.3) is 0 Å². The molecule has 0 fully saturated rings. The van der Waals surface area contributed by atoms with Crippen molar-refractivity contribution in [2.75, 3.05) is 6.54 Å². The first-order chi connectivity index (χ1) is 10.9. The Bertz CT molecular complexity index is 756. The quantitative estimate of drug-likeness (QED) is 0.915. The minimum Gasteiger partial charge on any atom is -0.333 e. The Labute approximate surface area is 137 Å². The smallest absolute Gasteiger partial charge is 0.331 e. The topological polar surface area (TPSA) is 66.5 Å². The van der Waals surface area contributed by atoms with Gasteiger partial charge in [0, 0.05) is 13.1 Å². The van der Waals surface area contributed by atoms with Gasteiger partial charge >= 0.3 is 6.03 Å². The zero-order valence-electron chi connectivity index (χ0n) is 13.2. The van der Waals surface area contributed by atoms with E-state index in [0.29, 0.717) is 0 Å². The highest BCUT2D eigenvalue weighted by Gasteiger charge is 2.27. The zero-order valence-corrected chi connectivity index (χ0v) is 14.0. The third-order valence-corrected chi connectivity index (χ3v) is 5.28. The van der Waals surface area contributed by atoms with Crippen LogP contribution < -0.4 is 5.32 Å². The molecule has 0 unspecified atom stereocenters. The van der Waals surface area contributed by atoms with E-state index in [1.54, 1.807) is 25.1 Å². The van der Waals surface area contributed by atoms with Crippen molar-refractivity contribution in [3.8, 4) is 0 Å². The number of nitrogens with one attached hydrogen (secondary N) is 1. The summed E-state index contributed by atoms with van der Waals surface area (Å²) in [6, 6.07) is 15.0. The molecule has 0 heterocycles. The molecule has 0 aliphatic rings. The molecule has 0 spiro atoms. The van der Waals surface area contributed by atoms with Crippen LogP contribution in [0.2, 0.25) is 0 Å². The van der Waals surface area contributed by atoms with Crippen molar-refractivity contribution in [3.63, 3.8) is 0 Å². The fraction of sp³-hybridized carbons (Fsp3) is 0.235. The largest absolute Gasteiger partial charge is 0.333 e. The first-order valence-corrected chi connectivity index (χ1v) is 8.80. The van der Waals surface area contributed by atoms with Gasteiger partial charge in [-0.2, -0.15) is 0 Å². The average molecular weight is 332 g/mol. The predicted octanol–water partition coefficient (Wildman–Crippen LogP) is 2.92. The van der Waals surface area contributed by atoms with E-state index in [4.69, 9.17) is 0 Å². The Hall–Kier alpha value is -2.34. The summed E-state index contributed by atoms with van der Waals surface area (Å²) in [6.45, 7) is 3.95. The van der Waals surface area contributed by atoms with Crippen LogP contribution in [0.5, 0.6) is 0 Å². The number of hydrogen-bond acceptors (Lipinski definition) is 3. The van der Waals surface area contributed by atoms with Crippen molar-refractivity contribution in [2.45, 2.75) is 25.3 Å². The summed E-state index contributed by atoms with van der Waals surface area (Å²) >= 11 is 0. The van der Waals surface area contributed by atoms with Gasteiger partial charge < -0.3 is 5.32 Å². The van der Waals surface area contributed by atoms with E-state index in [1.807, 2.05) is 31.2 Å². The molecule has 0 bridgehead atoms. The third-order valence-electron chi connectivity index (χ3n) is 3.41. The predicted molar refractivity (Wildman–Crippen MR) is 89.4 cm³/mol. The number of rotatable bonds is 5. The summed E-state index contributed by atoms with van der Waals surface area (Å²) in [5, 5.41) is 2.65. The molecule has 0 aliphatic heterocycles. The molecule has 6 heteroatoms. The molecule has 0 saturated heterocycles. The summed E-state index contributed by atoms with van der Waals surface area (Å²) in [4.78, 5) is 12.4. The van der Waals surface area contributed by atoms with Gasteiger partial charge in [-0.15, -0.1) is 0 Å². The summed E-state index contributed by atoms with van der Waals surface area (Å²) in [5.74, 6) is 0. The number of urea groups is 1. The molecule has 0 atom stereocenters. The van der Waals surface area contributed by atoms with Crippen molar-refractivity contribution in [1.82, 2.24) is 9.62 Å². The van der Waals surface area contributed by atoms with Crippen LogP contribution in [0.15, 0.2) is 59.5 Å². The Morgan fingerprint density at radius 2 is 1.65 bits per heavy atom. The summed E-state index contributed by atoms with van der Waals surface area (Å²) in [5.41, 5.74) is 2.04. The Kier molecular flexibility index (Phi) is 5.39.